The number of carboxylic acid groups (broad SMARTS) is 1. The molecule has 0 radical (unpaired) electrons. The van der Waals surface area contributed by atoms with Crippen LogP contribution in [0.3, 0.4) is 0 Å². The summed E-state index contributed by atoms with van der Waals surface area (Å²) < 4.78 is 5.66. The van der Waals surface area contributed by atoms with Gasteiger partial charge in [-0.05, 0) is 53.4 Å². The summed E-state index contributed by atoms with van der Waals surface area (Å²) in [5.41, 5.74) is 3.32. The van der Waals surface area contributed by atoms with Crippen molar-refractivity contribution in [1.29, 1.82) is 0 Å². The molecule has 3 aliphatic carbocycles. The van der Waals surface area contributed by atoms with Gasteiger partial charge in [-0.25, -0.2) is 9.59 Å². The molecule has 1 spiro atoms. The fourth-order valence-corrected chi connectivity index (χ4v) is 6.01. The smallest absolute Gasteiger partial charge is 0.408 e. The number of rotatable bonds is 7. The quantitative estimate of drug-likeness (QED) is 0.532. The average molecular weight is 473 g/mol. The van der Waals surface area contributed by atoms with Crippen molar-refractivity contribution in [1.82, 2.24) is 10.6 Å². The number of carboxylic acids is 1. The molecule has 2 fully saturated rings. The van der Waals surface area contributed by atoms with Crippen LogP contribution in [0.4, 0.5) is 4.79 Å². The normalized spacial score (nSPS) is 19.2. The van der Waals surface area contributed by atoms with Crippen molar-refractivity contribution < 1.29 is 24.2 Å². The maximum atomic E-state index is 13.2. The van der Waals surface area contributed by atoms with Gasteiger partial charge in [0.2, 0.25) is 5.91 Å². The van der Waals surface area contributed by atoms with Crippen molar-refractivity contribution in [2.24, 2.45) is 5.41 Å². The van der Waals surface area contributed by atoms with Crippen LogP contribution in [0.5, 0.6) is 0 Å². The molecule has 1 atom stereocenters. The fraction of sp³-hybridized carbons (Fsp3) is 0.393. The highest BCUT2D eigenvalue weighted by Gasteiger charge is 2.62. The molecule has 0 heterocycles. The van der Waals surface area contributed by atoms with Gasteiger partial charge >= 0.3 is 12.1 Å². The lowest BCUT2D eigenvalue weighted by atomic mass is 9.48. The SMILES string of the molecule is C#CCC(NC(=O)C1(NC(=O)OCC2c3ccccc3-c3ccccc32)CC2(CCC2)C1)C(=O)O. The molecular formula is C28H28N2O5. The van der Waals surface area contributed by atoms with Crippen LogP contribution in [0.25, 0.3) is 11.1 Å². The second kappa shape index (κ2) is 8.77. The van der Waals surface area contributed by atoms with Gasteiger partial charge in [0.05, 0.1) is 0 Å². The third kappa shape index (κ3) is 4.03. The molecule has 0 saturated heterocycles. The molecular weight excluding hydrogens is 444 g/mol. The molecule has 2 aromatic rings. The van der Waals surface area contributed by atoms with Crippen molar-refractivity contribution in [2.75, 3.05) is 6.61 Å². The zero-order valence-corrected chi connectivity index (χ0v) is 19.4. The zero-order chi connectivity index (χ0) is 24.6. The monoisotopic (exact) mass is 472 g/mol. The largest absolute Gasteiger partial charge is 0.480 e. The minimum absolute atomic E-state index is 0.0405. The van der Waals surface area contributed by atoms with Gasteiger partial charge in [-0.3, -0.25) is 4.79 Å². The molecule has 0 aromatic heterocycles. The van der Waals surface area contributed by atoms with Gasteiger partial charge in [-0.1, -0.05) is 55.0 Å². The number of hydrogen-bond acceptors (Lipinski definition) is 4. The van der Waals surface area contributed by atoms with Crippen LogP contribution in [0.15, 0.2) is 48.5 Å². The molecule has 1 unspecified atom stereocenters. The Kier molecular flexibility index (Phi) is 5.76. The minimum atomic E-state index is -1.20. The van der Waals surface area contributed by atoms with Crippen LogP contribution in [0.1, 0.15) is 55.6 Å². The van der Waals surface area contributed by atoms with Gasteiger partial charge in [-0.2, -0.15) is 0 Å². The first kappa shape index (κ1) is 23.0. The number of terminal acetylenes is 1. The Morgan fingerprint density at radius 2 is 1.66 bits per heavy atom. The number of fused-ring (bicyclic) bond motifs is 3. The van der Waals surface area contributed by atoms with Crippen molar-refractivity contribution in [2.45, 2.75) is 56.0 Å². The Labute approximate surface area is 204 Å². The molecule has 180 valence electrons. The first-order chi connectivity index (χ1) is 16.9. The number of ether oxygens (including phenoxy) is 1. The van der Waals surface area contributed by atoms with Crippen molar-refractivity contribution in [3.05, 3.63) is 59.7 Å². The molecule has 2 saturated carbocycles. The predicted octanol–water partition coefficient (Wildman–Crippen LogP) is 3.82. The number of hydrogen-bond donors (Lipinski definition) is 3. The summed E-state index contributed by atoms with van der Waals surface area (Å²) in [6.45, 7) is 0.136. The van der Waals surface area contributed by atoms with E-state index in [1.54, 1.807) is 0 Å². The summed E-state index contributed by atoms with van der Waals surface area (Å²) in [6.07, 6.45) is 8.49. The van der Waals surface area contributed by atoms with E-state index in [1.807, 2.05) is 36.4 Å². The Balaban J connectivity index is 1.29. The first-order valence-corrected chi connectivity index (χ1v) is 12.0. The summed E-state index contributed by atoms with van der Waals surface area (Å²) >= 11 is 0. The number of carbonyl (C=O) groups excluding carboxylic acids is 2. The Hall–Kier alpha value is -3.79. The number of aliphatic carboxylic acids is 1. The van der Waals surface area contributed by atoms with Crippen LogP contribution in [0, 0.1) is 17.8 Å². The van der Waals surface area contributed by atoms with E-state index in [2.05, 4.69) is 28.7 Å². The van der Waals surface area contributed by atoms with Crippen LogP contribution >= 0.6 is 0 Å². The molecule has 7 nitrogen and oxygen atoms in total. The number of benzene rings is 2. The molecule has 5 rings (SSSR count). The van der Waals surface area contributed by atoms with E-state index in [4.69, 9.17) is 11.2 Å². The van der Waals surface area contributed by atoms with Gasteiger partial charge in [-0.15, -0.1) is 12.3 Å². The maximum Gasteiger partial charge on any atom is 0.408 e. The highest BCUT2D eigenvalue weighted by atomic mass is 16.5. The molecule has 35 heavy (non-hydrogen) atoms. The van der Waals surface area contributed by atoms with Crippen LogP contribution in [-0.4, -0.2) is 41.3 Å². The summed E-state index contributed by atoms with van der Waals surface area (Å²) in [5, 5.41) is 14.7. The van der Waals surface area contributed by atoms with E-state index < -0.39 is 29.6 Å². The Morgan fingerprint density at radius 3 is 2.17 bits per heavy atom. The van der Waals surface area contributed by atoms with Gasteiger partial charge < -0.3 is 20.5 Å². The van der Waals surface area contributed by atoms with Crippen molar-refractivity contribution in [3.8, 4) is 23.5 Å². The fourth-order valence-electron chi connectivity index (χ4n) is 6.01. The van der Waals surface area contributed by atoms with E-state index in [0.29, 0.717) is 12.8 Å². The van der Waals surface area contributed by atoms with E-state index in [9.17, 15) is 19.5 Å². The minimum Gasteiger partial charge on any atom is -0.480 e. The van der Waals surface area contributed by atoms with Crippen molar-refractivity contribution >= 4 is 18.0 Å². The maximum absolute atomic E-state index is 13.2. The van der Waals surface area contributed by atoms with Gasteiger partial charge in [0.1, 0.15) is 18.2 Å². The van der Waals surface area contributed by atoms with E-state index in [1.165, 1.54) is 0 Å². The Bertz CT molecular complexity index is 1170. The summed E-state index contributed by atoms with van der Waals surface area (Å²) in [7, 11) is 0. The topological polar surface area (TPSA) is 105 Å². The lowest BCUT2D eigenvalue weighted by molar-refractivity contribution is -0.149. The van der Waals surface area contributed by atoms with E-state index in [0.717, 1.165) is 41.5 Å². The molecule has 2 amide bonds. The number of nitrogens with one attached hydrogen (secondary N) is 2. The molecule has 0 aliphatic heterocycles. The molecule has 3 N–H and O–H groups in total. The van der Waals surface area contributed by atoms with Gasteiger partial charge in [0, 0.05) is 12.3 Å². The molecule has 2 aromatic carbocycles. The second-order valence-electron chi connectivity index (χ2n) is 10.0. The summed E-state index contributed by atoms with van der Waals surface area (Å²) in [6, 6.07) is 14.9. The first-order valence-electron chi connectivity index (χ1n) is 12.0. The number of amides is 2. The van der Waals surface area contributed by atoms with E-state index >= 15 is 0 Å². The highest BCUT2D eigenvalue weighted by Crippen LogP contribution is 2.60. The second-order valence-corrected chi connectivity index (χ2v) is 10.0. The third-order valence-corrected chi connectivity index (χ3v) is 7.81. The van der Waals surface area contributed by atoms with Crippen LogP contribution in [-0.2, 0) is 14.3 Å². The Morgan fingerprint density at radius 1 is 1.06 bits per heavy atom. The zero-order valence-electron chi connectivity index (χ0n) is 19.4. The molecule has 3 aliphatic rings. The average Bonchev–Trinajstić information content (AvgIpc) is 3.12. The van der Waals surface area contributed by atoms with Crippen LogP contribution < -0.4 is 10.6 Å². The summed E-state index contributed by atoms with van der Waals surface area (Å²) in [4.78, 5) is 37.6. The third-order valence-electron chi connectivity index (χ3n) is 7.81. The highest BCUT2D eigenvalue weighted by molar-refractivity contribution is 5.94. The van der Waals surface area contributed by atoms with Gasteiger partial charge in [0.25, 0.3) is 0 Å². The lowest BCUT2D eigenvalue weighted by Crippen LogP contribution is -2.71. The molecule has 0 bridgehead atoms. The van der Waals surface area contributed by atoms with Crippen LogP contribution in [0.2, 0.25) is 0 Å². The standard InChI is InChI=1S/C28H28N2O5/c1-2-8-23(24(31)32)29-25(33)28(16-27(17-28)13-7-14-27)30-26(34)35-15-22-20-11-5-3-9-18(20)19-10-4-6-12-21(19)22/h1,3-6,9-12,22-23H,7-8,13-17H2,(H,29,33)(H,30,34)(H,31,32). The predicted molar refractivity (Wildman–Crippen MR) is 129 cm³/mol. The van der Waals surface area contributed by atoms with Crippen molar-refractivity contribution in [3.63, 3.8) is 0 Å². The van der Waals surface area contributed by atoms with E-state index in [-0.39, 0.29) is 24.4 Å². The molecule has 7 heteroatoms. The number of carbonyl (C=O) groups is 3. The summed E-state index contributed by atoms with van der Waals surface area (Å²) in [5.74, 6) is 0.463. The van der Waals surface area contributed by atoms with Gasteiger partial charge in [0.15, 0.2) is 0 Å². The lowest BCUT2D eigenvalue weighted by Gasteiger charge is -2.59. The number of alkyl carbamates (subject to hydrolysis) is 1.